The summed E-state index contributed by atoms with van der Waals surface area (Å²) < 4.78 is 0. The van der Waals surface area contributed by atoms with Gasteiger partial charge in [0.2, 0.25) is 6.10 Å². The highest BCUT2D eigenvalue weighted by atomic mass is 16.6. The summed E-state index contributed by atoms with van der Waals surface area (Å²) in [6.07, 6.45) is 1.67. The van der Waals surface area contributed by atoms with Crippen LogP contribution in [0.3, 0.4) is 0 Å². The van der Waals surface area contributed by atoms with Crippen LogP contribution in [0, 0.1) is 0 Å². The molecule has 0 bridgehead atoms. The highest BCUT2D eigenvalue weighted by molar-refractivity contribution is 6.04. The number of hydrogen-bond donors (Lipinski definition) is 1. The van der Waals surface area contributed by atoms with E-state index in [1.807, 2.05) is 61.5 Å². The predicted octanol–water partition coefficient (Wildman–Crippen LogP) is 1.96. The number of oxime groups is 1. The van der Waals surface area contributed by atoms with Crippen LogP contribution in [0.4, 0.5) is 5.82 Å². The van der Waals surface area contributed by atoms with Gasteiger partial charge in [-0.15, -0.1) is 0 Å². The number of carbonyl (C=O) groups excluding carboxylic acids is 1. The molecule has 0 fully saturated rings. The van der Waals surface area contributed by atoms with Crippen molar-refractivity contribution in [2.45, 2.75) is 19.1 Å². The summed E-state index contributed by atoms with van der Waals surface area (Å²) in [5, 5.41) is 6.90. The zero-order valence-corrected chi connectivity index (χ0v) is 13.8. The number of anilines is 1. The van der Waals surface area contributed by atoms with E-state index in [9.17, 15) is 4.79 Å². The molecule has 2 heterocycles. The molecule has 0 saturated carbocycles. The first-order valence-electron chi connectivity index (χ1n) is 7.81. The number of pyridine rings is 1. The quantitative estimate of drug-likeness (QED) is 0.913. The van der Waals surface area contributed by atoms with Crippen molar-refractivity contribution >= 4 is 17.4 Å². The topological polar surface area (TPSA) is 66.8 Å². The van der Waals surface area contributed by atoms with Crippen LogP contribution in [0.1, 0.15) is 17.5 Å². The molecule has 1 N–H and O–H groups in total. The van der Waals surface area contributed by atoms with Crippen LogP contribution in [0.5, 0.6) is 0 Å². The lowest BCUT2D eigenvalue weighted by Crippen LogP contribution is -2.34. The summed E-state index contributed by atoms with van der Waals surface area (Å²) in [5.74, 6) is 0.714. The lowest BCUT2D eigenvalue weighted by Gasteiger charge is -2.12. The van der Waals surface area contributed by atoms with Crippen molar-refractivity contribution in [3.63, 3.8) is 0 Å². The number of amides is 1. The smallest absolute Gasteiger partial charge is 0.264 e. The molecule has 124 valence electrons. The van der Waals surface area contributed by atoms with Gasteiger partial charge in [-0.3, -0.25) is 4.79 Å². The van der Waals surface area contributed by atoms with Crippen LogP contribution < -0.4 is 10.2 Å². The van der Waals surface area contributed by atoms with E-state index in [-0.39, 0.29) is 5.91 Å². The standard InChI is InChI=1S/C18H20N4O2/c1-22(2)17-9-8-13(11-19-17)12-20-18(23)16-10-15(21-24-16)14-6-4-3-5-7-14/h3-9,11,16H,10,12H2,1-2H3,(H,20,23)/t16-/m0/s1. The Morgan fingerprint density at radius 3 is 2.71 bits per heavy atom. The van der Waals surface area contributed by atoms with Crippen molar-refractivity contribution in [2.75, 3.05) is 19.0 Å². The van der Waals surface area contributed by atoms with Crippen molar-refractivity contribution in [1.82, 2.24) is 10.3 Å². The van der Waals surface area contributed by atoms with Gasteiger partial charge in [0.05, 0.1) is 5.71 Å². The second-order valence-corrected chi connectivity index (χ2v) is 5.84. The molecule has 1 aliphatic heterocycles. The summed E-state index contributed by atoms with van der Waals surface area (Å²) in [5.41, 5.74) is 2.72. The first-order chi connectivity index (χ1) is 11.6. The third kappa shape index (κ3) is 3.71. The van der Waals surface area contributed by atoms with E-state index >= 15 is 0 Å². The first kappa shape index (κ1) is 16.0. The zero-order valence-electron chi connectivity index (χ0n) is 13.8. The van der Waals surface area contributed by atoms with Gasteiger partial charge in [0.15, 0.2) is 0 Å². The molecule has 1 amide bonds. The van der Waals surface area contributed by atoms with Gasteiger partial charge < -0.3 is 15.1 Å². The monoisotopic (exact) mass is 324 g/mol. The van der Waals surface area contributed by atoms with Crippen LogP contribution in [0.15, 0.2) is 53.8 Å². The van der Waals surface area contributed by atoms with E-state index in [1.54, 1.807) is 6.20 Å². The molecule has 0 radical (unpaired) electrons. The fourth-order valence-corrected chi connectivity index (χ4v) is 2.41. The fraction of sp³-hybridized carbons (Fsp3) is 0.278. The van der Waals surface area contributed by atoms with Gasteiger partial charge in [0.1, 0.15) is 5.82 Å². The molecule has 24 heavy (non-hydrogen) atoms. The number of hydrogen-bond acceptors (Lipinski definition) is 5. The van der Waals surface area contributed by atoms with E-state index in [0.717, 1.165) is 22.7 Å². The van der Waals surface area contributed by atoms with Gasteiger partial charge in [-0.25, -0.2) is 4.98 Å². The summed E-state index contributed by atoms with van der Waals surface area (Å²) in [7, 11) is 3.87. The second-order valence-electron chi connectivity index (χ2n) is 5.84. The highest BCUT2D eigenvalue weighted by Crippen LogP contribution is 2.17. The van der Waals surface area contributed by atoms with E-state index in [2.05, 4.69) is 15.5 Å². The predicted molar refractivity (Wildman–Crippen MR) is 92.9 cm³/mol. The molecular formula is C18H20N4O2. The number of aromatic nitrogens is 1. The van der Waals surface area contributed by atoms with Gasteiger partial charge in [-0.1, -0.05) is 41.6 Å². The molecule has 0 aliphatic carbocycles. The maximum atomic E-state index is 12.2. The Hall–Kier alpha value is -2.89. The first-order valence-corrected chi connectivity index (χ1v) is 7.81. The molecule has 1 aromatic carbocycles. The van der Waals surface area contributed by atoms with Crippen molar-refractivity contribution in [3.8, 4) is 0 Å². The van der Waals surface area contributed by atoms with Crippen LogP contribution >= 0.6 is 0 Å². The minimum atomic E-state index is -0.575. The average molecular weight is 324 g/mol. The summed E-state index contributed by atoms with van der Waals surface area (Å²) in [6, 6.07) is 13.6. The van der Waals surface area contributed by atoms with E-state index in [4.69, 9.17) is 4.84 Å². The maximum Gasteiger partial charge on any atom is 0.264 e. The Labute approximate surface area is 141 Å². The van der Waals surface area contributed by atoms with Crippen LogP contribution in [0.2, 0.25) is 0 Å². The minimum absolute atomic E-state index is 0.165. The number of benzene rings is 1. The highest BCUT2D eigenvalue weighted by Gasteiger charge is 2.28. The van der Waals surface area contributed by atoms with Crippen molar-refractivity contribution in [3.05, 3.63) is 59.8 Å². The Bertz CT molecular complexity index is 726. The van der Waals surface area contributed by atoms with Crippen LogP contribution in [-0.4, -0.2) is 36.8 Å². The van der Waals surface area contributed by atoms with Gasteiger partial charge in [0.25, 0.3) is 5.91 Å². The molecule has 1 aromatic heterocycles. The maximum absolute atomic E-state index is 12.2. The van der Waals surface area contributed by atoms with Crippen molar-refractivity contribution < 1.29 is 9.63 Å². The number of carbonyl (C=O) groups is 1. The molecule has 6 heteroatoms. The lowest BCUT2D eigenvalue weighted by molar-refractivity contribution is -0.131. The Morgan fingerprint density at radius 2 is 2.04 bits per heavy atom. The molecule has 3 rings (SSSR count). The Balaban J connectivity index is 1.51. The molecule has 1 aliphatic rings. The van der Waals surface area contributed by atoms with Crippen LogP contribution in [0.25, 0.3) is 0 Å². The van der Waals surface area contributed by atoms with Gasteiger partial charge in [-0.05, 0) is 17.2 Å². The molecule has 0 saturated heterocycles. The molecule has 0 spiro atoms. The third-order valence-corrected chi connectivity index (χ3v) is 3.80. The third-order valence-electron chi connectivity index (χ3n) is 3.80. The van der Waals surface area contributed by atoms with Crippen LogP contribution in [-0.2, 0) is 16.2 Å². The van der Waals surface area contributed by atoms with Gasteiger partial charge in [0, 0.05) is 33.3 Å². The zero-order chi connectivity index (χ0) is 16.9. The Kier molecular flexibility index (Phi) is 4.74. The van der Waals surface area contributed by atoms with Gasteiger partial charge >= 0.3 is 0 Å². The Morgan fingerprint density at radius 1 is 1.25 bits per heavy atom. The summed E-state index contributed by atoms with van der Waals surface area (Å²) >= 11 is 0. The summed E-state index contributed by atoms with van der Waals surface area (Å²) in [4.78, 5) is 23.8. The molecule has 1 atom stereocenters. The molecule has 0 unspecified atom stereocenters. The van der Waals surface area contributed by atoms with Crippen molar-refractivity contribution in [1.29, 1.82) is 0 Å². The van der Waals surface area contributed by atoms with Gasteiger partial charge in [-0.2, -0.15) is 0 Å². The lowest BCUT2D eigenvalue weighted by atomic mass is 10.0. The molecular weight excluding hydrogens is 304 g/mol. The second kappa shape index (κ2) is 7.12. The normalized spacial score (nSPS) is 16.2. The average Bonchev–Trinajstić information content (AvgIpc) is 3.11. The van der Waals surface area contributed by atoms with E-state index in [0.29, 0.717) is 13.0 Å². The largest absolute Gasteiger partial charge is 0.382 e. The minimum Gasteiger partial charge on any atom is -0.382 e. The number of nitrogens with one attached hydrogen (secondary N) is 1. The van der Waals surface area contributed by atoms with Crippen molar-refractivity contribution in [2.24, 2.45) is 5.16 Å². The fourth-order valence-electron chi connectivity index (χ4n) is 2.41. The number of rotatable bonds is 5. The molecule has 2 aromatic rings. The number of nitrogens with zero attached hydrogens (tertiary/aromatic N) is 3. The SMILES string of the molecule is CN(C)c1ccc(CNC(=O)[C@@H]2CC(c3ccccc3)=NO2)cn1. The summed E-state index contributed by atoms with van der Waals surface area (Å²) in [6.45, 7) is 0.417. The molecule has 6 nitrogen and oxygen atoms in total. The van der Waals surface area contributed by atoms with E-state index in [1.165, 1.54) is 0 Å². The van der Waals surface area contributed by atoms with E-state index < -0.39 is 6.10 Å².